The molecule has 25 heavy (non-hydrogen) atoms. The minimum atomic E-state index is 0.829. The van der Waals surface area contributed by atoms with Crippen LogP contribution in [0, 0.1) is 0 Å². The average Bonchev–Trinajstić information content (AvgIpc) is 2.69. The second kappa shape index (κ2) is 6.67. The van der Waals surface area contributed by atoms with Crippen LogP contribution < -0.4 is 7.80 Å². The summed E-state index contributed by atoms with van der Waals surface area (Å²) in [7, 11) is 0. The molecule has 1 aliphatic heterocycles. The van der Waals surface area contributed by atoms with Gasteiger partial charge in [-0.05, 0) is 48.6 Å². The van der Waals surface area contributed by atoms with E-state index in [9.17, 15) is 0 Å². The standard InChI is InChI=1S/C19H12INO2.C2H6/c20-23-11-8-9-15-14(10-11)12-5-3-7-17-18(12)19(21-15)13-4-1-2-6-16(13)22-17;1-2/h3-10H,1-2H2;1-2H3. The van der Waals surface area contributed by atoms with Gasteiger partial charge in [-0.3, -0.25) is 0 Å². The Morgan fingerprint density at radius 2 is 1.88 bits per heavy atom. The summed E-state index contributed by atoms with van der Waals surface area (Å²) in [6.07, 6.45) is 6.46. The van der Waals surface area contributed by atoms with Crippen LogP contribution in [0.2, 0.25) is 0 Å². The molecule has 126 valence electrons. The molecule has 0 spiro atoms. The third kappa shape index (κ3) is 2.59. The summed E-state index contributed by atoms with van der Waals surface area (Å²) >= 11 is 1.90. The van der Waals surface area contributed by atoms with Crippen molar-refractivity contribution in [2.24, 2.45) is 0 Å². The van der Waals surface area contributed by atoms with E-state index >= 15 is 0 Å². The zero-order chi connectivity index (χ0) is 17.4. The molecule has 3 nitrogen and oxygen atoms in total. The predicted molar refractivity (Wildman–Crippen MR) is 111 cm³/mol. The number of benzene rings is 2. The fraction of sp³-hybridized carbons (Fsp3) is 0.190. The van der Waals surface area contributed by atoms with Crippen molar-refractivity contribution in [1.29, 1.82) is 0 Å². The monoisotopic (exact) mass is 443 g/mol. The van der Waals surface area contributed by atoms with Crippen molar-refractivity contribution in [3.05, 3.63) is 60.0 Å². The molecular weight excluding hydrogens is 425 g/mol. The number of ether oxygens (including phenoxy) is 1. The van der Waals surface area contributed by atoms with Crippen molar-refractivity contribution in [2.75, 3.05) is 0 Å². The quantitative estimate of drug-likeness (QED) is 0.314. The first-order valence-electron chi connectivity index (χ1n) is 8.59. The largest absolute Gasteiger partial charge is 0.456 e. The minimum absolute atomic E-state index is 0.829. The Morgan fingerprint density at radius 3 is 2.72 bits per heavy atom. The first-order chi connectivity index (χ1) is 12.3. The van der Waals surface area contributed by atoms with Gasteiger partial charge in [0.15, 0.2) is 23.0 Å². The maximum atomic E-state index is 6.13. The van der Waals surface area contributed by atoms with Crippen LogP contribution in [0.15, 0.2) is 54.3 Å². The Balaban J connectivity index is 0.000000758. The van der Waals surface area contributed by atoms with Gasteiger partial charge in [0.1, 0.15) is 17.3 Å². The number of nitrogens with zero attached hydrogens (tertiary/aromatic N) is 1. The van der Waals surface area contributed by atoms with Crippen molar-refractivity contribution in [3.63, 3.8) is 0 Å². The predicted octanol–water partition coefficient (Wildman–Crippen LogP) is 6.60. The first kappa shape index (κ1) is 16.4. The van der Waals surface area contributed by atoms with Crippen LogP contribution in [0.1, 0.15) is 32.4 Å². The van der Waals surface area contributed by atoms with Gasteiger partial charge in [-0.15, -0.1) is 0 Å². The van der Waals surface area contributed by atoms with Crippen molar-refractivity contribution in [3.8, 4) is 11.5 Å². The molecule has 5 rings (SSSR count). The molecule has 0 atom stereocenters. The molecule has 0 fully saturated rings. The summed E-state index contributed by atoms with van der Waals surface area (Å²) in [6, 6.07) is 12.2. The second-order valence-electron chi connectivity index (χ2n) is 5.76. The van der Waals surface area contributed by atoms with Crippen LogP contribution in [0.3, 0.4) is 0 Å². The van der Waals surface area contributed by atoms with Crippen molar-refractivity contribution < 1.29 is 7.80 Å². The van der Waals surface area contributed by atoms with Crippen LogP contribution in [-0.2, 0) is 0 Å². The molecular formula is C21H18INO2. The fourth-order valence-electron chi connectivity index (χ4n) is 3.41. The molecule has 0 N–H and O–H groups in total. The van der Waals surface area contributed by atoms with E-state index in [2.05, 4.69) is 18.2 Å². The fourth-order valence-corrected chi connectivity index (χ4v) is 3.69. The van der Waals surface area contributed by atoms with Crippen LogP contribution in [0.25, 0.3) is 27.2 Å². The van der Waals surface area contributed by atoms with Crippen molar-refractivity contribution in [2.45, 2.75) is 26.7 Å². The summed E-state index contributed by atoms with van der Waals surface area (Å²) in [5, 5.41) is 3.34. The molecule has 2 aliphatic rings. The molecule has 0 saturated carbocycles. The van der Waals surface area contributed by atoms with E-state index in [1.165, 1.54) is 0 Å². The molecule has 1 aliphatic carbocycles. The van der Waals surface area contributed by atoms with E-state index in [4.69, 9.17) is 12.8 Å². The molecule has 4 heteroatoms. The summed E-state index contributed by atoms with van der Waals surface area (Å²) in [5.74, 6) is 2.66. The number of rotatable bonds is 1. The Morgan fingerprint density at radius 1 is 1.04 bits per heavy atom. The Hall–Kier alpha value is -2.08. The third-order valence-corrected chi connectivity index (χ3v) is 4.94. The van der Waals surface area contributed by atoms with Gasteiger partial charge in [0.05, 0.1) is 16.6 Å². The smallest absolute Gasteiger partial charge is 0.192 e. The highest BCUT2D eigenvalue weighted by Crippen LogP contribution is 2.44. The number of hydrogen-bond acceptors (Lipinski definition) is 3. The summed E-state index contributed by atoms with van der Waals surface area (Å²) < 4.78 is 11.5. The van der Waals surface area contributed by atoms with Gasteiger partial charge < -0.3 is 7.80 Å². The van der Waals surface area contributed by atoms with Gasteiger partial charge in [-0.2, -0.15) is 0 Å². The lowest BCUT2D eigenvalue weighted by Gasteiger charge is -2.25. The number of pyridine rings is 1. The van der Waals surface area contributed by atoms with Gasteiger partial charge in [0.2, 0.25) is 0 Å². The molecule has 2 heterocycles. The molecule has 0 radical (unpaired) electrons. The molecule has 0 bridgehead atoms. The highest BCUT2D eigenvalue weighted by atomic mass is 127. The summed E-state index contributed by atoms with van der Waals surface area (Å²) in [5.41, 5.74) is 3.13. The van der Waals surface area contributed by atoms with Crippen LogP contribution in [0.4, 0.5) is 0 Å². The van der Waals surface area contributed by atoms with E-state index in [1.54, 1.807) is 0 Å². The highest BCUT2D eigenvalue weighted by molar-refractivity contribution is 14.1. The van der Waals surface area contributed by atoms with Crippen LogP contribution >= 0.6 is 23.0 Å². The van der Waals surface area contributed by atoms with E-state index in [-0.39, 0.29) is 0 Å². The lowest BCUT2D eigenvalue weighted by atomic mass is 9.93. The zero-order valence-corrected chi connectivity index (χ0v) is 16.3. The average molecular weight is 443 g/mol. The van der Waals surface area contributed by atoms with Crippen LogP contribution in [-0.4, -0.2) is 4.98 Å². The van der Waals surface area contributed by atoms with Gasteiger partial charge in [-0.1, -0.05) is 32.1 Å². The van der Waals surface area contributed by atoms with Gasteiger partial charge in [-0.25, -0.2) is 4.98 Å². The molecule has 3 aromatic rings. The van der Waals surface area contributed by atoms with Gasteiger partial charge in [0, 0.05) is 11.0 Å². The maximum Gasteiger partial charge on any atom is 0.192 e. The van der Waals surface area contributed by atoms with E-state index in [0.717, 1.165) is 63.0 Å². The third-order valence-electron chi connectivity index (χ3n) is 4.43. The van der Waals surface area contributed by atoms with Gasteiger partial charge >= 0.3 is 0 Å². The second-order valence-corrected chi connectivity index (χ2v) is 6.20. The molecule has 0 unspecified atom stereocenters. The van der Waals surface area contributed by atoms with Crippen molar-refractivity contribution in [1.82, 2.24) is 4.98 Å². The maximum absolute atomic E-state index is 6.13. The molecule has 0 amide bonds. The van der Waals surface area contributed by atoms with E-state index < -0.39 is 0 Å². The van der Waals surface area contributed by atoms with E-state index in [0.29, 0.717) is 0 Å². The first-order valence-corrected chi connectivity index (χ1v) is 9.47. The lowest BCUT2D eigenvalue weighted by Crippen LogP contribution is -2.10. The SMILES string of the molecule is CC.IOc1ccc2nc3c4c(cccc4c2c1)OC1=CCCC=C13. The number of aromatic nitrogens is 1. The zero-order valence-electron chi connectivity index (χ0n) is 14.2. The molecule has 0 saturated heterocycles. The Bertz CT molecular complexity index is 1040. The molecule has 2 aromatic carbocycles. The normalized spacial score (nSPS) is 14.7. The Kier molecular flexibility index (Phi) is 4.37. The number of halogens is 1. The Labute approximate surface area is 161 Å². The highest BCUT2D eigenvalue weighted by Gasteiger charge is 2.26. The minimum Gasteiger partial charge on any atom is -0.456 e. The van der Waals surface area contributed by atoms with E-state index in [1.807, 2.05) is 67.2 Å². The summed E-state index contributed by atoms with van der Waals surface area (Å²) in [6.45, 7) is 4.00. The topological polar surface area (TPSA) is 31.4 Å². The van der Waals surface area contributed by atoms with Crippen molar-refractivity contribution >= 4 is 50.3 Å². The van der Waals surface area contributed by atoms with Crippen LogP contribution in [0.5, 0.6) is 11.5 Å². The number of hydrogen-bond donors (Lipinski definition) is 0. The lowest BCUT2D eigenvalue weighted by molar-refractivity contribution is 0.444. The number of allylic oxidation sites excluding steroid dienone is 3. The summed E-state index contributed by atoms with van der Waals surface area (Å²) in [4.78, 5) is 4.95. The van der Waals surface area contributed by atoms with Gasteiger partial charge in [0.25, 0.3) is 0 Å². The molecule has 1 aromatic heterocycles. The number of fused-ring (bicyclic) bond motifs is 4.